The molecule has 13 heavy (non-hydrogen) atoms. The minimum atomic E-state index is 0.526. The van der Waals surface area contributed by atoms with E-state index < -0.39 is 0 Å². The summed E-state index contributed by atoms with van der Waals surface area (Å²) in [6.45, 7) is 8.78. The van der Waals surface area contributed by atoms with Crippen LogP contribution in [0.2, 0.25) is 0 Å². The zero-order valence-electron chi connectivity index (χ0n) is 9.22. The summed E-state index contributed by atoms with van der Waals surface area (Å²) in [7, 11) is 0. The van der Waals surface area contributed by atoms with Crippen LogP contribution in [0, 0.1) is 17.8 Å². The van der Waals surface area contributed by atoms with Gasteiger partial charge in [0.25, 0.3) is 0 Å². The van der Waals surface area contributed by atoms with Gasteiger partial charge in [-0.1, -0.05) is 27.2 Å². The normalized spacial score (nSPS) is 31.4. The van der Waals surface area contributed by atoms with E-state index in [1.165, 1.54) is 19.4 Å². The summed E-state index contributed by atoms with van der Waals surface area (Å²) in [4.78, 5) is 0. The van der Waals surface area contributed by atoms with Gasteiger partial charge in [-0.3, -0.25) is 0 Å². The Kier molecular flexibility index (Phi) is 4.20. The van der Waals surface area contributed by atoms with E-state index in [-0.39, 0.29) is 0 Å². The van der Waals surface area contributed by atoms with Crippen molar-refractivity contribution < 1.29 is 0 Å². The molecule has 2 heteroatoms. The van der Waals surface area contributed by atoms with Crippen molar-refractivity contribution in [3.63, 3.8) is 0 Å². The second kappa shape index (κ2) is 4.97. The van der Waals surface area contributed by atoms with Crippen molar-refractivity contribution in [2.75, 3.05) is 13.1 Å². The van der Waals surface area contributed by atoms with Gasteiger partial charge in [0.1, 0.15) is 0 Å². The lowest BCUT2D eigenvalue weighted by Crippen LogP contribution is -2.42. The largest absolute Gasteiger partial charge is 0.329 e. The third kappa shape index (κ3) is 3.28. The van der Waals surface area contributed by atoms with Gasteiger partial charge in [-0.05, 0) is 30.7 Å². The first-order valence-electron chi connectivity index (χ1n) is 5.62. The lowest BCUT2D eigenvalue weighted by Gasteiger charge is -2.22. The summed E-state index contributed by atoms with van der Waals surface area (Å²) in [6.07, 6.45) is 2.62. The molecule has 0 aliphatic heterocycles. The highest BCUT2D eigenvalue weighted by Crippen LogP contribution is 2.36. The molecule has 1 rings (SSSR count). The summed E-state index contributed by atoms with van der Waals surface area (Å²) in [5, 5.41) is 3.59. The van der Waals surface area contributed by atoms with Crippen LogP contribution in [0.3, 0.4) is 0 Å². The Bertz CT molecular complexity index is 147. The summed E-state index contributed by atoms with van der Waals surface area (Å²) in [5.74, 6) is 2.58. The minimum absolute atomic E-state index is 0.526. The number of rotatable bonds is 6. The van der Waals surface area contributed by atoms with E-state index in [2.05, 4.69) is 26.1 Å². The molecule has 0 aromatic rings. The van der Waals surface area contributed by atoms with Gasteiger partial charge in [0, 0.05) is 12.6 Å². The number of nitrogens with one attached hydrogen (secondary N) is 1. The zero-order valence-corrected chi connectivity index (χ0v) is 9.22. The molecule has 0 amide bonds. The lowest BCUT2D eigenvalue weighted by atomic mass is 9.99. The smallest absolute Gasteiger partial charge is 0.0215 e. The van der Waals surface area contributed by atoms with E-state index in [4.69, 9.17) is 5.73 Å². The summed E-state index contributed by atoms with van der Waals surface area (Å²) in [6, 6.07) is 0.526. The second-order valence-corrected chi connectivity index (χ2v) is 4.61. The zero-order chi connectivity index (χ0) is 9.84. The topological polar surface area (TPSA) is 38.0 Å². The van der Waals surface area contributed by atoms with Crippen LogP contribution in [0.1, 0.15) is 33.6 Å². The predicted molar refractivity (Wildman–Crippen MR) is 57.6 cm³/mol. The van der Waals surface area contributed by atoms with E-state index in [9.17, 15) is 0 Å². The molecular weight excluding hydrogens is 160 g/mol. The molecule has 0 saturated heterocycles. The highest BCUT2D eigenvalue weighted by molar-refractivity contribution is 4.86. The van der Waals surface area contributed by atoms with Gasteiger partial charge in [0.15, 0.2) is 0 Å². The third-order valence-corrected chi connectivity index (χ3v) is 3.50. The molecule has 2 nitrogen and oxygen atoms in total. The molecular formula is C11H24N2. The number of hydrogen-bond donors (Lipinski definition) is 2. The summed E-state index contributed by atoms with van der Waals surface area (Å²) < 4.78 is 0. The molecule has 0 aromatic carbocycles. The van der Waals surface area contributed by atoms with Crippen molar-refractivity contribution in [2.24, 2.45) is 23.5 Å². The lowest BCUT2D eigenvalue weighted by molar-refractivity contribution is 0.366. The van der Waals surface area contributed by atoms with Crippen LogP contribution in [0.15, 0.2) is 0 Å². The fourth-order valence-electron chi connectivity index (χ4n) is 1.79. The molecule has 0 bridgehead atoms. The average molecular weight is 184 g/mol. The van der Waals surface area contributed by atoms with Crippen LogP contribution in [0.25, 0.3) is 0 Å². The quantitative estimate of drug-likeness (QED) is 0.658. The third-order valence-electron chi connectivity index (χ3n) is 3.50. The van der Waals surface area contributed by atoms with E-state index in [0.29, 0.717) is 12.0 Å². The maximum atomic E-state index is 5.73. The van der Waals surface area contributed by atoms with Gasteiger partial charge in [0.05, 0.1) is 0 Å². The first-order valence-corrected chi connectivity index (χ1v) is 5.62. The van der Waals surface area contributed by atoms with Crippen molar-refractivity contribution in [3.05, 3.63) is 0 Å². The Labute approximate surface area is 82.3 Å². The fourth-order valence-corrected chi connectivity index (χ4v) is 1.79. The molecule has 3 N–H and O–H groups in total. The molecule has 1 aliphatic carbocycles. The van der Waals surface area contributed by atoms with Crippen LogP contribution in [0.5, 0.6) is 0 Å². The van der Waals surface area contributed by atoms with Gasteiger partial charge >= 0.3 is 0 Å². The van der Waals surface area contributed by atoms with E-state index in [1.807, 2.05) is 0 Å². The van der Waals surface area contributed by atoms with Crippen molar-refractivity contribution in [1.29, 1.82) is 0 Å². The first-order chi connectivity index (χ1) is 6.19. The molecule has 78 valence electrons. The van der Waals surface area contributed by atoms with Gasteiger partial charge < -0.3 is 11.1 Å². The fraction of sp³-hybridized carbons (Fsp3) is 1.00. The SMILES string of the molecule is CCC(C)C(CN)NCC1CC1C. The highest BCUT2D eigenvalue weighted by Gasteiger charge is 2.32. The Morgan fingerprint density at radius 3 is 2.54 bits per heavy atom. The van der Waals surface area contributed by atoms with E-state index in [0.717, 1.165) is 18.4 Å². The van der Waals surface area contributed by atoms with Gasteiger partial charge in [-0.15, -0.1) is 0 Å². The van der Waals surface area contributed by atoms with Crippen molar-refractivity contribution >= 4 is 0 Å². The van der Waals surface area contributed by atoms with Gasteiger partial charge in [0.2, 0.25) is 0 Å². The van der Waals surface area contributed by atoms with Crippen molar-refractivity contribution in [1.82, 2.24) is 5.32 Å². The Balaban J connectivity index is 2.15. The van der Waals surface area contributed by atoms with Crippen LogP contribution >= 0.6 is 0 Å². The van der Waals surface area contributed by atoms with Crippen LogP contribution in [0.4, 0.5) is 0 Å². The number of hydrogen-bond acceptors (Lipinski definition) is 2. The molecule has 0 aromatic heterocycles. The summed E-state index contributed by atoms with van der Waals surface area (Å²) in [5.41, 5.74) is 5.73. The molecule has 1 aliphatic rings. The Morgan fingerprint density at radius 1 is 1.54 bits per heavy atom. The van der Waals surface area contributed by atoms with Crippen LogP contribution < -0.4 is 11.1 Å². The van der Waals surface area contributed by atoms with E-state index >= 15 is 0 Å². The van der Waals surface area contributed by atoms with Crippen molar-refractivity contribution in [3.8, 4) is 0 Å². The van der Waals surface area contributed by atoms with E-state index in [1.54, 1.807) is 0 Å². The maximum absolute atomic E-state index is 5.73. The van der Waals surface area contributed by atoms with Gasteiger partial charge in [-0.25, -0.2) is 0 Å². The first kappa shape index (κ1) is 11.0. The standard InChI is InChI=1S/C11H24N2/c1-4-8(2)11(6-12)13-7-10-5-9(10)3/h8-11,13H,4-7,12H2,1-3H3. The Morgan fingerprint density at radius 2 is 2.15 bits per heavy atom. The summed E-state index contributed by atoms with van der Waals surface area (Å²) >= 11 is 0. The molecule has 0 radical (unpaired) electrons. The Hall–Kier alpha value is -0.0800. The molecule has 4 unspecified atom stereocenters. The molecule has 0 heterocycles. The molecule has 4 atom stereocenters. The van der Waals surface area contributed by atoms with Crippen LogP contribution in [-0.4, -0.2) is 19.1 Å². The molecule has 0 spiro atoms. The van der Waals surface area contributed by atoms with Crippen molar-refractivity contribution in [2.45, 2.75) is 39.7 Å². The minimum Gasteiger partial charge on any atom is -0.329 e. The van der Waals surface area contributed by atoms with Crippen LogP contribution in [-0.2, 0) is 0 Å². The molecule has 1 saturated carbocycles. The average Bonchev–Trinajstić information content (AvgIpc) is 2.82. The second-order valence-electron chi connectivity index (χ2n) is 4.61. The maximum Gasteiger partial charge on any atom is 0.0215 e. The monoisotopic (exact) mass is 184 g/mol. The highest BCUT2D eigenvalue weighted by atomic mass is 14.9. The molecule has 1 fully saturated rings. The predicted octanol–water partition coefficient (Wildman–Crippen LogP) is 1.61. The number of nitrogens with two attached hydrogens (primary N) is 1. The van der Waals surface area contributed by atoms with Gasteiger partial charge in [-0.2, -0.15) is 0 Å².